The number of methoxy groups -OCH3 is 1. The number of fused-ring (bicyclic) bond motifs is 1. The number of nitrogens with one attached hydrogen (secondary N) is 1. The van der Waals surface area contributed by atoms with Gasteiger partial charge in [-0.3, -0.25) is 4.79 Å². The second kappa shape index (κ2) is 6.20. The summed E-state index contributed by atoms with van der Waals surface area (Å²) in [6, 6.07) is 9.06. The zero-order chi connectivity index (χ0) is 13.8. The molecule has 0 spiro atoms. The van der Waals surface area contributed by atoms with Gasteiger partial charge >= 0.3 is 5.97 Å². The van der Waals surface area contributed by atoms with Gasteiger partial charge in [0.15, 0.2) is 0 Å². The van der Waals surface area contributed by atoms with Crippen LogP contribution in [0.5, 0.6) is 0 Å². The van der Waals surface area contributed by atoms with Crippen LogP contribution in [0, 0.1) is 5.92 Å². The number of carbonyl (C=O) groups excluding carboxylic acids is 1. The molecule has 0 saturated heterocycles. The molecule has 1 aliphatic rings. The van der Waals surface area contributed by atoms with Crippen molar-refractivity contribution in [2.45, 2.75) is 45.2 Å². The van der Waals surface area contributed by atoms with Gasteiger partial charge in [-0.15, -0.1) is 0 Å². The summed E-state index contributed by atoms with van der Waals surface area (Å²) in [6.07, 6.45) is 3.50. The van der Waals surface area contributed by atoms with Crippen molar-refractivity contribution in [2.75, 3.05) is 7.11 Å². The average Bonchev–Trinajstić information content (AvgIpc) is 2.46. The minimum Gasteiger partial charge on any atom is -0.469 e. The van der Waals surface area contributed by atoms with E-state index in [0.29, 0.717) is 6.04 Å². The van der Waals surface area contributed by atoms with Gasteiger partial charge in [-0.05, 0) is 37.3 Å². The van der Waals surface area contributed by atoms with E-state index in [9.17, 15) is 4.79 Å². The molecule has 0 radical (unpaired) electrons. The molecule has 0 aromatic heterocycles. The number of esters is 1. The summed E-state index contributed by atoms with van der Waals surface area (Å²) in [6.45, 7) is 3.97. The number of hydrogen-bond donors (Lipinski definition) is 1. The normalized spacial score (nSPS) is 21.3. The molecule has 3 heteroatoms. The lowest BCUT2D eigenvalue weighted by molar-refractivity contribution is -0.145. The summed E-state index contributed by atoms with van der Waals surface area (Å²) in [5.41, 5.74) is 2.82. The van der Waals surface area contributed by atoms with Crippen molar-refractivity contribution >= 4 is 5.97 Å². The van der Waals surface area contributed by atoms with Gasteiger partial charge in [-0.2, -0.15) is 0 Å². The minimum atomic E-state index is -0.149. The zero-order valence-electron chi connectivity index (χ0n) is 12.0. The standard InChI is InChI=1S/C16H23NO2/c1-11(16(18)19-3)12(2)17-15-10-6-8-13-7-4-5-9-14(13)15/h4-5,7,9,11-12,15,17H,6,8,10H2,1-3H3. The number of carbonyl (C=O) groups is 1. The predicted octanol–water partition coefficient (Wildman–Crippen LogP) is 2.85. The smallest absolute Gasteiger partial charge is 0.309 e. The molecule has 0 saturated carbocycles. The average molecular weight is 261 g/mol. The summed E-state index contributed by atoms with van der Waals surface area (Å²) in [5, 5.41) is 3.59. The Labute approximate surface area is 115 Å². The van der Waals surface area contributed by atoms with Crippen LogP contribution in [0.25, 0.3) is 0 Å². The molecule has 0 bridgehead atoms. The monoisotopic (exact) mass is 261 g/mol. The van der Waals surface area contributed by atoms with Gasteiger partial charge in [0.05, 0.1) is 13.0 Å². The second-order valence-electron chi connectivity index (χ2n) is 5.41. The van der Waals surface area contributed by atoms with E-state index >= 15 is 0 Å². The van der Waals surface area contributed by atoms with Crippen molar-refractivity contribution in [3.05, 3.63) is 35.4 Å². The van der Waals surface area contributed by atoms with Gasteiger partial charge in [-0.1, -0.05) is 31.2 Å². The topological polar surface area (TPSA) is 38.3 Å². The van der Waals surface area contributed by atoms with Crippen molar-refractivity contribution in [1.29, 1.82) is 0 Å². The number of rotatable bonds is 4. The Balaban J connectivity index is 2.06. The molecule has 2 rings (SSSR count). The maximum absolute atomic E-state index is 11.6. The molecule has 0 aliphatic heterocycles. The van der Waals surface area contributed by atoms with E-state index in [1.807, 2.05) is 6.92 Å². The van der Waals surface area contributed by atoms with Crippen LogP contribution in [0.4, 0.5) is 0 Å². The Hall–Kier alpha value is -1.35. The van der Waals surface area contributed by atoms with Crippen LogP contribution in [-0.4, -0.2) is 19.1 Å². The zero-order valence-corrected chi connectivity index (χ0v) is 12.0. The highest BCUT2D eigenvalue weighted by Crippen LogP contribution is 2.30. The molecule has 0 amide bonds. The summed E-state index contributed by atoms with van der Waals surface area (Å²) >= 11 is 0. The molecule has 3 nitrogen and oxygen atoms in total. The second-order valence-corrected chi connectivity index (χ2v) is 5.41. The van der Waals surface area contributed by atoms with E-state index in [2.05, 4.69) is 36.5 Å². The molecule has 0 fully saturated rings. The first-order valence-electron chi connectivity index (χ1n) is 7.05. The van der Waals surface area contributed by atoms with E-state index in [1.54, 1.807) is 0 Å². The third kappa shape index (κ3) is 3.16. The van der Waals surface area contributed by atoms with Crippen LogP contribution in [-0.2, 0) is 16.0 Å². The van der Waals surface area contributed by atoms with Gasteiger partial charge < -0.3 is 10.1 Å². The quantitative estimate of drug-likeness (QED) is 0.847. The van der Waals surface area contributed by atoms with Gasteiger partial charge in [0, 0.05) is 12.1 Å². The van der Waals surface area contributed by atoms with Crippen molar-refractivity contribution in [1.82, 2.24) is 5.32 Å². The molecule has 104 valence electrons. The molecule has 3 unspecified atom stereocenters. The third-order valence-electron chi connectivity index (χ3n) is 4.16. The lowest BCUT2D eigenvalue weighted by Crippen LogP contribution is -2.40. The van der Waals surface area contributed by atoms with Crippen LogP contribution >= 0.6 is 0 Å². The molecule has 1 aromatic carbocycles. The summed E-state index contributed by atoms with van der Waals surface area (Å²) in [5.74, 6) is -0.275. The van der Waals surface area contributed by atoms with Crippen LogP contribution in [0.3, 0.4) is 0 Å². The first kappa shape index (κ1) is 14.1. The SMILES string of the molecule is COC(=O)C(C)C(C)NC1CCCc2ccccc21. The molecular formula is C16H23NO2. The summed E-state index contributed by atoms with van der Waals surface area (Å²) in [4.78, 5) is 11.6. The van der Waals surface area contributed by atoms with Crippen molar-refractivity contribution in [2.24, 2.45) is 5.92 Å². The highest BCUT2D eigenvalue weighted by Gasteiger charge is 2.26. The molecular weight excluding hydrogens is 238 g/mol. The molecule has 1 N–H and O–H groups in total. The lowest BCUT2D eigenvalue weighted by Gasteiger charge is -2.30. The van der Waals surface area contributed by atoms with E-state index in [-0.39, 0.29) is 17.9 Å². The van der Waals surface area contributed by atoms with Gasteiger partial charge in [-0.25, -0.2) is 0 Å². The molecule has 1 aliphatic carbocycles. The maximum Gasteiger partial charge on any atom is 0.309 e. The maximum atomic E-state index is 11.6. The first-order valence-corrected chi connectivity index (χ1v) is 7.05. The van der Waals surface area contributed by atoms with Crippen molar-refractivity contribution in [3.63, 3.8) is 0 Å². The fraction of sp³-hybridized carbons (Fsp3) is 0.562. The predicted molar refractivity (Wildman–Crippen MR) is 75.9 cm³/mol. The number of hydrogen-bond acceptors (Lipinski definition) is 3. The Bertz CT molecular complexity index is 444. The molecule has 3 atom stereocenters. The van der Waals surface area contributed by atoms with E-state index in [1.165, 1.54) is 24.7 Å². The van der Waals surface area contributed by atoms with E-state index in [0.717, 1.165) is 12.8 Å². The highest BCUT2D eigenvalue weighted by molar-refractivity contribution is 5.72. The summed E-state index contributed by atoms with van der Waals surface area (Å²) in [7, 11) is 1.45. The number of ether oxygens (including phenoxy) is 1. The number of benzene rings is 1. The summed E-state index contributed by atoms with van der Waals surface area (Å²) < 4.78 is 4.81. The van der Waals surface area contributed by atoms with E-state index < -0.39 is 0 Å². The fourth-order valence-electron chi connectivity index (χ4n) is 2.78. The Morgan fingerprint density at radius 3 is 2.84 bits per heavy atom. The fourth-order valence-corrected chi connectivity index (χ4v) is 2.78. The molecule has 1 aromatic rings. The lowest BCUT2D eigenvalue weighted by atomic mass is 9.87. The van der Waals surface area contributed by atoms with Crippen LogP contribution in [0.15, 0.2) is 24.3 Å². The van der Waals surface area contributed by atoms with Gasteiger partial charge in [0.2, 0.25) is 0 Å². The van der Waals surface area contributed by atoms with E-state index in [4.69, 9.17) is 4.74 Å². The van der Waals surface area contributed by atoms with Crippen molar-refractivity contribution < 1.29 is 9.53 Å². The Morgan fingerprint density at radius 2 is 2.11 bits per heavy atom. The third-order valence-corrected chi connectivity index (χ3v) is 4.16. The number of aryl methyl sites for hydroxylation is 1. The largest absolute Gasteiger partial charge is 0.469 e. The Kier molecular flexibility index (Phi) is 4.59. The molecule has 19 heavy (non-hydrogen) atoms. The first-order chi connectivity index (χ1) is 9.13. The minimum absolute atomic E-state index is 0.114. The van der Waals surface area contributed by atoms with Crippen LogP contribution < -0.4 is 5.32 Å². The van der Waals surface area contributed by atoms with Crippen LogP contribution in [0.1, 0.15) is 43.9 Å². The molecule has 0 heterocycles. The highest BCUT2D eigenvalue weighted by atomic mass is 16.5. The van der Waals surface area contributed by atoms with Crippen molar-refractivity contribution in [3.8, 4) is 0 Å². The van der Waals surface area contributed by atoms with Gasteiger partial charge in [0.25, 0.3) is 0 Å². The van der Waals surface area contributed by atoms with Gasteiger partial charge in [0.1, 0.15) is 0 Å². The van der Waals surface area contributed by atoms with Crippen LogP contribution in [0.2, 0.25) is 0 Å². The Morgan fingerprint density at radius 1 is 1.37 bits per heavy atom.